The Bertz CT molecular complexity index is 671. The third-order valence-electron chi connectivity index (χ3n) is 4.80. The van der Waals surface area contributed by atoms with E-state index in [1.807, 2.05) is 0 Å². The topological polar surface area (TPSA) is 40.5 Å². The summed E-state index contributed by atoms with van der Waals surface area (Å²) in [5, 5.41) is 8.78. The van der Waals surface area contributed by atoms with E-state index in [4.69, 9.17) is 5.11 Å². The van der Waals surface area contributed by atoms with E-state index >= 15 is 0 Å². The SMILES string of the molecule is O=C(O)CCCN1CCC(=C(c2ccccc2)c2ccccc2)CC1. The van der Waals surface area contributed by atoms with Gasteiger partial charge in [-0.3, -0.25) is 4.79 Å². The van der Waals surface area contributed by atoms with E-state index in [0.717, 1.165) is 38.9 Å². The van der Waals surface area contributed by atoms with Gasteiger partial charge in [0.15, 0.2) is 0 Å². The molecule has 2 aromatic rings. The Morgan fingerprint density at radius 2 is 1.40 bits per heavy atom. The van der Waals surface area contributed by atoms with Gasteiger partial charge >= 0.3 is 5.97 Å². The van der Waals surface area contributed by atoms with Gasteiger partial charge in [-0.15, -0.1) is 0 Å². The van der Waals surface area contributed by atoms with E-state index in [2.05, 4.69) is 65.6 Å². The maximum Gasteiger partial charge on any atom is 0.303 e. The smallest absolute Gasteiger partial charge is 0.303 e. The highest BCUT2D eigenvalue weighted by Gasteiger charge is 2.18. The average Bonchev–Trinajstić information content (AvgIpc) is 2.65. The van der Waals surface area contributed by atoms with Gasteiger partial charge in [0.1, 0.15) is 0 Å². The van der Waals surface area contributed by atoms with Crippen molar-refractivity contribution in [3.05, 3.63) is 77.4 Å². The standard InChI is InChI=1S/C22H25NO2/c24-21(25)12-7-15-23-16-13-20(14-17-23)22(18-8-3-1-4-9-18)19-10-5-2-6-11-19/h1-6,8-11H,7,12-17H2,(H,24,25). The number of hydrogen-bond donors (Lipinski definition) is 1. The Hall–Kier alpha value is -2.39. The predicted molar refractivity (Wildman–Crippen MR) is 101 cm³/mol. The van der Waals surface area contributed by atoms with E-state index < -0.39 is 5.97 Å². The van der Waals surface area contributed by atoms with E-state index in [1.165, 1.54) is 22.3 Å². The van der Waals surface area contributed by atoms with Gasteiger partial charge in [0.2, 0.25) is 0 Å². The zero-order valence-electron chi connectivity index (χ0n) is 14.5. The second-order valence-corrected chi connectivity index (χ2v) is 6.55. The monoisotopic (exact) mass is 335 g/mol. The van der Waals surface area contributed by atoms with Gasteiger partial charge in [-0.05, 0) is 42.5 Å². The Morgan fingerprint density at radius 3 is 1.88 bits per heavy atom. The number of benzene rings is 2. The lowest BCUT2D eigenvalue weighted by Crippen LogP contribution is -2.32. The molecule has 1 heterocycles. The van der Waals surface area contributed by atoms with E-state index in [9.17, 15) is 4.79 Å². The lowest BCUT2D eigenvalue weighted by atomic mass is 9.88. The predicted octanol–water partition coefficient (Wildman–Crippen LogP) is 4.45. The second kappa shape index (κ2) is 8.63. The van der Waals surface area contributed by atoms with E-state index in [1.54, 1.807) is 0 Å². The van der Waals surface area contributed by atoms with Crippen molar-refractivity contribution in [2.45, 2.75) is 25.7 Å². The van der Waals surface area contributed by atoms with Crippen LogP contribution in [0.1, 0.15) is 36.8 Å². The van der Waals surface area contributed by atoms with Gasteiger partial charge in [0.05, 0.1) is 0 Å². The van der Waals surface area contributed by atoms with Crippen LogP contribution in [0.5, 0.6) is 0 Å². The van der Waals surface area contributed by atoms with Crippen LogP contribution in [-0.4, -0.2) is 35.6 Å². The summed E-state index contributed by atoms with van der Waals surface area (Å²) in [6, 6.07) is 21.3. The quantitative estimate of drug-likeness (QED) is 0.848. The molecule has 1 aliphatic heterocycles. The Morgan fingerprint density at radius 1 is 0.880 bits per heavy atom. The molecule has 3 heteroatoms. The maximum absolute atomic E-state index is 10.7. The molecule has 0 amide bonds. The zero-order valence-corrected chi connectivity index (χ0v) is 14.5. The minimum Gasteiger partial charge on any atom is -0.481 e. The van der Waals surface area contributed by atoms with Crippen molar-refractivity contribution in [2.24, 2.45) is 0 Å². The minimum absolute atomic E-state index is 0.262. The molecule has 0 aromatic heterocycles. The number of aliphatic carboxylic acids is 1. The van der Waals surface area contributed by atoms with Crippen molar-refractivity contribution in [2.75, 3.05) is 19.6 Å². The summed E-state index contributed by atoms with van der Waals surface area (Å²) in [5.41, 5.74) is 5.43. The average molecular weight is 335 g/mol. The summed E-state index contributed by atoms with van der Waals surface area (Å²) in [5.74, 6) is -0.701. The first-order valence-corrected chi connectivity index (χ1v) is 9.01. The van der Waals surface area contributed by atoms with Crippen LogP contribution in [0, 0.1) is 0 Å². The fourth-order valence-corrected chi connectivity index (χ4v) is 3.53. The number of carboxylic acid groups (broad SMARTS) is 1. The van der Waals surface area contributed by atoms with Crippen LogP contribution in [0.4, 0.5) is 0 Å². The molecular formula is C22H25NO2. The normalized spacial score (nSPS) is 15.1. The molecule has 0 spiro atoms. The molecule has 130 valence electrons. The third-order valence-corrected chi connectivity index (χ3v) is 4.80. The molecule has 1 aliphatic rings. The largest absolute Gasteiger partial charge is 0.481 e. The van der Waals surface area contributed by atoms with Gasteiger partial charge in [-0.1, -0.05) is 66.2 Å². The van der Waals surface area contributed by atoms with Crippen LogP contribution in [0.25, 0.3) is 5.57 Å². The lowest BCUT2D eigenvalue weighted by molar-refractivity contribution is -0.137. The van der Waals surface area contributed by atoms with Crippen molar-refractivity contribution < 1.29 is 9.90 Å². The number of carboxylic acids is 1. The fourth-order valence-electron chi connectivity index (χ4n) is 3.53. The van der Waals surface area contributed by atoms with Crippen LogP contribution >= 0.6 is 0 Å². The third kappa shape index (κ3) is 4.80. The highest BCUT2D eigenvalue weighted by Crippen LogP contribution is 2.32. The van der Waals surface area contributed by atoms with Crippen molar-refractivity contribution in [3.8, 4) is 0 Å². The second-order valence-electron chi connectivity index (χ2n) is 6.55. The van der Waals surface area contributed by atoms with Gasteiger partial charge < -0.3 is 10.0 Å². The lowest BCUT2D eigenvalue weighted by Gasteiger charge is -2.30. The summed E-state index contributed by atoms with van der Waals surface area (Å²) in [6.07, 6.45) is 3.09. The molecule has 1 fully saturated rings. The molecule has 3 nitrogen and oxygen atoms in total. The number of carbonyl (C=O) groups is 1. The first kappa shape index (κ1) is 17.4. The van der Waals surface area contributed by atoms with Gasteiger partial charge in [0, 0.05) is 19.5 Å². The van der Waals surface area contributed by atoms with Crippen LogP contribution in [0.3, 0.4) is 0 Å². The Labute approximate surface area is 149 Å². The minimum atomic E-state index is -0.701. The molecule has 2 aromatic carbocycles. The molecule has 1 saturated heterocycles. The van der Waals surface area contributed by atoms with Crippen LogP contribution in [-0.2, 0) is 4.79 Å². The number of rotatable bonds is 6. The summed E-state index contributed by atoms with van der Waals surface area (Å²) in [7, 11) is 0. The molecular weight excluding hydrogens is 310 g/mol. The van der Waals surface area contributed by atoms with Crippen LogP contribution < -0.4 is 0 Å². The molecule has 0 radical (unpaired) electrons. The number of hydrogen-bond acceptors (Lipinski definition) is 2. The fraction of sp³-hybridized carbons (Fsp3) is 0.318. The van der Waals surface area contributed by atoms with Crippen molar-refractivity contribution in [1.29, 1.82) is 0 Å². The summed E-state index contributed by atoms with van der Waals surface area (Å²) in [4.78, 5) is 13.1. The summed E-state index contributed by atoms with van der Waals surface area (Å²) >= 11 is 0. The number of nitrogens with zero attached hydrogens (tertiary/aromatic N) is 1. The summed E-state index contributed by atoms with van der Waals surface area (Å²) in [6.45, 7) is 2.90. The van der Waals surface area contributed by atoms with Crippen molar-refractivity contribution in [3.63, 3.8) is 0 Å². The maximum atomic E-state index is 10.7. The molecule has 0 unspecified atom stereocenters. The highest BCUT2D eigenvalue weighted by molar-refractivity contribution is 5.82. The molecule has 0 aliphatic carbocycles. The molecule has 25 heavy (non-hydrogen) atoms. The van der Waals surface area contributed by atoms with E-state index in [0.29, 0.717) is 0 Å². The van der Waals surface area contributed by atoms with Gasteiger partial charge in [-0.2, -0.15) is 0 Å². The molecule has 0 atom stereocenters. The molecule has 0 bridgehead atoms. The van der Waals surface area contributed by atoms with Crippen molar-refractivity contribution in [1.82, 2.24) is 4.90 Å². The molecule has 0 saturated carbocycles. The van der Waals surface area contributed by atoms with Crippen LogP contribution in [0.2, 0.25) is 0 Å². The Kier molecular flexibility index (Phi) is 6.02. The number of likely N-dealkylation sites (tertiary alicyclic amines) is 1. The van der Waals surface area contributed by atoms with E-state index in [-0.39, 0.29) is 6.42 Å². The first-order valence-electron chi connectivity index (χ1n) is 9.01. The number of piperidine rings is 1. The summed E-state index contributed by atoms with van der Waals surface area (Å²) < 4.78 is 0. The first-order chi connectivity index (χ1) is 12.2. The molecule has 1 N–H and O–H groups in total. The zero-order chi connectivity index (χ0) is 17.5. The van der Waals surface area contributed by atoms with Crippen LogP contribution in [0.15, 0.2) is 66.2 Å². The van der Waals surface area contributed by atoms with Gasteiger partial charge in [0.25, 0.3) is 0 Å². The molecule has 3 rings (SSSR count). The van der Waals surface area contributed by atoms with Gasteiger partial charge in [-0.25, -0.2) is 0 Å². The van der Waals surface area contributed by atoms with Crippen molar-refractivity contribution >= 4 is 11.5 Å². The Balaban J connectivity index is 1.77. The highest BCUT2D eigenvalue weighted by atomic mass is 16.4.